The van der Waals surface area contributed by atoms with Crippen LogP contribution in [0.2, 0.25) is 0 Å². The van der Waals surface area contributed by atoms with Gasteiger partial charge in [0.05, 0.1) is 4.90 Å². The third kappa shape index (κ3) is 3.15. The number of alkyl halides is 1. The third-order valence-electron chi connectivity index (χ3n) is 3.27. The van der Waals surface area contributed by atoms with E-state index in [2.05, 4.69) is 36.6 Å². The van der Waals surface area contributed by atoms with Crippen LogP contribution in [0.15, 0.2) is 33.6 Å². The number of sulfonamides is 1. The molecule has 100 valence electrons. The topological polar surface area (TPSA) is 46.2 Å². The first-order valence-electron chi connectivity index (χ1n) is 5.83. The Morgan fingerprint density at radius 1 is 1.28 bits per heavy atom. The van der Waals surface area contributed by atoms with E-state index in [1.54, 1.807) is 18.2 Å². The molecule has 3 nitrogen and oxygen atoms in total. The second kappa shape index (κ2) is 5.61. The van der Waals surface area contributed by atoms with Crippen molar-refractivity contribution in [1.29, 1.82) is 0 Å². The normalized spacial score (nSPS) is 19.0. The van der Waals surface area contributed by atoms with Gasteiger partial charge in [-0.15, -0.1) is 0 Å². The lowest BCUT2D eigenvalue weighted by Gasteiger charge is -2.27. The standard InChI is InChI=1S/C12H15Br2NO2S/c13-9-12(6-1-2-7-12)15-18(16,17)11-5-3-4-10(14)8-11/h3-5,8,15H,1-2,6-7,9H2. The minimum atomic E-state index is -3.45. The van der Waals surface area contributed by atoms with E-state index in [1.807, 2.05) is 6.07 Å². The molecule has 0 unspecified atom stereocenters. The van der Waals surface area contributed by atoms with Crippen molar-refractivity contribution in [2.24, 2.45) is 0 Å². The smallest absolute Gasteiger partial charge is 0.207 e. The summed E-state index contributed by atoms with van der Waals surface area (Å²) in [6.45, 7) is 0. The maximum Gasteiger partial charge on any atom is 0.241 e. The molecular formula is C12H15Br2NO2S. The van der Waals surface area contributed by atoms with Gasteiger partial charge in [0.25, 0.3) is 0 Å². The quantitative estimate of drug-likeness (QED) is 0.792. The molecule has 2 rings (SSSR count). The molecule has 1 aliphatic carbocycles. The van der Waals surface area contributed by atoms with Crippen LogP contribution in [0.4, 0.5) is 0 Å². The molecule has 1 aromatic rings. The lowest BCUT2D eigenvalue weighted by atomic mass is 10.0. The highest BCUT2D eigenvalue weighted by Gasteiger charge is 2.37. The van der Waals surface area contributed by atoms with E-state index >= 15 is 0 Å². The molecule has 0 aliphatic heterocycles. The van der Waals surface area contributed by atoms with Crippen LogP contribution in [0.1, 0.15) is 25.7 Å². The number of rotatable bonds is 4. The number of benzene rings is 1. The molecule has 0 atom stereocenters. The molecule has 1 aliphatic rings. The average Bonchev–Trinajstić information content (AvgIpc) is 2.77. The molecule has 0 saturated heterocycles. The van der Waals surface area contributed by atoms with E-state index in [9.17, 15) is 8.42 Å². The molecule has 1 fully saturated rings. The maximum atomic E-state index is 12.4. The lowest BCUT2D eigenvalue weighted by molar-refractivity contribution is 0.438. The van der Waals surface area contributed by atoms with Gasteiger partial charge < -0.3 is 0 Å². The first-order chi connectivity index (χ1) is 8.47. The Balaban J connectivity index is 2.27. The summed E-state index contributed by atoms with van der Waals surface area (Å²) in [5.74, 6) is 0. The zero-order valence-corrected chi connectivity index (χ0v) is 13.8. The van der Waals surface area contributed by atoms with Gasteiger partial charge in [-0.2, -0.15) is 0 Å². The Morgan fingerprint density at radius 2 is 1.94 bits per heavy atom. The number of nitrogens with one attached hydrogen (secondary N) is 1. The molecule has 0 spiro atoms. The number of halogens is 2. The van der Waals surface area contributed by atoms with Gasteiger partial charge in [0.15, 0.2) is 0 Å². The van der Waals surface area contributed by atoms with Crippen molar-refractivity contribution in [2.75, 3.05) is 5.33 Å². The SMILES string of the molecule is O=S(=O)(NC1(CBr)CCCC1)c1cccc(Br)c1. The van der Waals surface area contributed by atoms with Crippen LogP contribution >= 0.6 is 31.9 Å². The van der Waals surface area contributed by atoms with Crippen LogP contribution in [0.25, 0.3) is 0 Å². The zero-order valence-electron chi connectivity index (χ0n) is 9.83. The van der Waals surface area contributed by atoms with Crippen LogP contribution < -0.4 is 4.72 Å². The molecular weight excluding hydrogens is 382 g/mol. The minimum absolute atomic E-state index is 0.309. The fraction of sp³-hybridized carbons (Fsp3) is 0.500. The average molecular weight is 397 g/mol. The van der Waals surface area contributed by atoms with Gasteiger partial charge in [-0.05, 0) is 31.0 Å². The van der Waals surface area contributed by atoms with Gasteiger partial charge in [-0.1, -0.05) is 50.8 Å². The minimum Gasteiger partial charge on any atom is -0.207 e. The van der Waals surface area contributed by atoms with E-state index in [0.717, 1.165) is 30.2 Å². The fourth-order valence-electron chi connectivity index (χ4n) is 2.29. The summed E-state index contributed by atoms with van der Waals surface area (Å²) in [4.78, 5) is 0.309. The molecule has 6 heteroatoms. The van der Waals surface area contributed by atoms with E-state index in [4.69, 9.17) is 0 Å². The first-order valence-corrected chi connectivity index (χ1v) is 9.23. The second-order valence-corrected chi connectivity index (χ2v) is 7.84. The van der Waals surface area contributed by atoms with Crippen molar-refractivity contribution in [2.45, 2.75) is 36.1 Å². The third-order valence-corrected chi connectivity index (χ3v) is 6.42. The Bertz CT molecular complexity index is 525. The summed E-state index contributed by atoms with van der Waals surface area (Å²) in [5, 5.41) is 0.660. The van der Waals surface area contributed by atoms with Crippen molar-refractivity contribution in [1.82, 2.24) is 4.72 Å². The molecule has 1 saturated carbocycles. The molecule has 0 heterocycles. The highest BCUT2D eigenvalue weighted by Crippen LogP contribution is 2.33. The van der Waals surface area contributed by atoms with Gasteiger partial charge in [0.2, 0.25) is 10.0 Å². The highest BCUT2D eigenvalue weighted by atomic mass is 79.9. The van der Waals surface area contributed by atoms with E-state index in [-0.39, 0.29) is 5.54 Å². The van der Waals surface area contributed by atoms with Crippen molar-refractivity contribution in [3.05, 3.63) is 28.7 Å². The number of hydrogen-bond acceptors (Lipinski definition) is 2. The molecule has 18 heavy (non-hydrogen) atoms. The predicted octanol–water partition coefficient (Wildman–Crippen LogP) is 3.44. The van der Waals surface area contributed by atoms with Gasteiger partial charge in [-0.25, -0.2) is 13.1 Å². The summed E-state index contributed by atoms with van der Waals surface area (Å²) < 4.78 is 28.3. The van der Waals surface area contributed by atoms with Crippen LogP contribution in [0, 0.1) is 0 Å². The van der Waals surface area contributed by atoms with Crippen LogP contribution in [-0.2, 0) is 10.0 Å². The van der Waals surface area contributed by atoms with Gasteiger partial charge in [0, 0.05) is 15.3 Å². The van der Waals surface area contributed by atoms with E-state index < -0.39 is 10.0 Å². The van der Waals surface area contributed by atoms with E-state index in [0.29, 0.717) is 10.2 Å². The molecule has 0 bridgehead atoms. The summed E-state index contributed by atoms with van der Waals surface area (Å²) in [7, 11) is -3.45. The molecule has 1 N–H and O–H groups in total. The van der Waals surface area contributed by atoms with Crippen molar-refractivity contribution < 1.29 is 8.42 Å². The summed E-state index contributed by atoms with van der Waals surface area (Å²) in [6, 6.07) is 6.78. The monoisotopic (exact) mass is 395 g/mol. The molecule has 0 aromatic heterocycles. The second-order valence-electron chi connectivity index (χ2n) is 4.68. The predicted molar refractivity (Wildman–Crippen MR) is 79.5 cm³/mol. The zero-order chi connectivity index (χ0) is 13.2. The molecule has 0 radical (unpaired) electrons. The van der Waals surface area contributed by atoms with Crippen molar-refractivity contribution in [3.8, 4) is 0 Å². The Labute approximate surface area is 125 Å². The Kier molecular flexibility index (Phi) is 4.52. The van der Waals surface area contributed by atoms with Crippen LogP contribution in [0.3, 0.4) is 0 Å². The summed E-state index contributed by atoms with van der Waals surface area (Å²) in [5.41, 5.74) is -0.318. The number of hydrogen-bond donors (Lipinski definition) is 1. The summed E-state index contributed by atoms with van der Waals surface area (Å²) >= 11 is 6.73. The van der Waals surface area contributed by atoms with Gasteiger partial charge in [0.1, 0.15) is 0 Å². The first kappa shape index (κ1) is 14.5. The van der Waals surface area contributed by atoms with Crippen molar-refractivity contribution in [3.63, 3.8) is 0 Å². The Morgan fingerprint density at radius 3 is 2.50 bits per heavy atom. The van der Waals surface area contributed by atoms with Gasteiger partial charge >= 0.3 is 0 Å². The van der Waals surface area contributed by atoms with E-state index in [1.165, 1.54) is 0 Å². The van der Waals surface area contributed by atoms with Crippen LogP contribution in [-0.4, -0.2) is 19.3 Å². The Hall–Kier alpha value is 0.0900. The fourth-order valence-corrected chi connectivity index (χ4v) is 5.23. The lowest BCUT2D eigenvalue weighted by Crippen LogP contribution is -2.47. The van der Waals surface area contributed by atoms with Crippen molar-refractivity contribution >= 4 is 41.9 Å². The molecule has 1 aromatic carbocycles. The van der Waals surface area contributed by atoms with Gasteiger partial charge in [-0.3, -0.25) is 0 Å². The molecule has 0 amide bonds. The maximum absolute atomic E-state index is 12.4. The van der Waals surface area contributed by atoms with Crippen LogP contribution in [0.5, 0.6) is 0 Å². The highest BCUT2D eigenvalue weighted by molar-refractivity contribution is 9.10. The summed E-state index contributed by atoms with van der Waals surface area (Å²) in [6.07, 6.45) is 3.94. The largest absolute Gasteiger partial charge is 0.241 e.